The monoisotopic (exact) mass is 187 g/mol. The standard InChI is InChI=1S/C12H13NO/c1-12(2)7-6-9-8-10(13-3)4-5-11(9)14-12/h4-5,8H,6-7H2,1-2H3. The first kappa shape index (κ1) is 9.08. The van der Waals surface area contributed by atoms with Crippen molar-refractivity contribution >= 4 is 5.69 Å². The molecule has 0 bridgehead atoms. The minimum absolute atomic E-state index is 0.0629. The fourth-order valence-corrected chi connectivity index (χ4v) is 1.71. The van der Waals surface area contributed by atoms with Crippen LogP contribution in [0.4, 0.5) is 5.69 Å². The van der Waals surface area contributed by atoms with Crippen LogP contribution in [0, 0.1) is 6.57 Å². The van der Waals surface area contributed by atoms with E-state index in [0.717, 1.165) is 24.2 Å². The molecule has 0 fully saturated rings. The molecule has 2 rings (SSSR count). The quantitative estimate of drug-likeness (QED) is 0.568. The Bertz CT molecular complexity index is 401. The Hall–Kier alpha value is -1.49. The molecular weight excluding hydrogens is 174 g/mol. The van der Waals surface area contributed by atoms with Crippen molar-refractivity contribution in [3.8, 4) is 5.75 Å². The number of hydrogen-bond donors (Lipinski definition) is 0. The molecule has 0 spiro atoms. The van der Waals surface area contributed by atoms with Gasteiger partial charge in [-0.3, -0.25) is 0 Å². The van der Waals surface area contributed by atoms with Crippen LogP contribution in [0.5, 0.6) is 5.75 Å². The van der Waals surface area contributed by atoms with Crippen molar-refractivity contribution in [1.82, 2.24) is 0 Å². The molecule has 0 N–H and O–H groups in total. The maximum Gasteiger partial charge on any atom is 0.187 e. The Morgan fingerprint density at radius 1 is 1.43 bits per heavy atom. The van der Waals surface area contributed by atoms with E-state index < -0.39 is 0 Å². The highest BCUT2D eigenvalue weighted by Crippen LogP contribution is 2.34. The van der Waals surface area contributed by atoms with E-state index in [1.54, 1.807) is 0 Å². The summed E-state index contributed by atoms with van der Waals surface area (Å²) in [5.41, 5.74) is 1.80. The number of aryl methyl sites for hydroxylation is 1. The third-order valence-electron chi connectivity index (χ3n) is 2.56. The fraction of sp³-hybridized carbons (Fsp3) is 0.417. The van der Waals surface area contributed by atoms with Crippen LogP contribution in [0.3, 0.4) is 0 Å². The van der Waals surface area contributed by atoms with Gasteiger partial charge in [-0.1, -0.05) is 6.07 Å². The van der Waals surface area contributed by atoms with Crippen molar-refractivity contribution in [1.29, 1.82) is 0 Å². The minimum Gasteiger partial charge on any atom is -0.488 e. The van der Waals surface area contributed by atoms with Gasteiger partial charge in [0.15, 0.2) is 5.69 Å². The van der Waals surface area contributed by atoms with Crippen LogP contribution in [0.15, 0.2) is 18.2 Å². The highest BCUT2D eigenvalue weighted by molar-refractivity contribution is 5.52. The molecule has 0 amide bonds. The van der Waals surface area contributed by atoms with Crippen LogP contribution in [0.2, 0.25) is 0 Å². The SMILES string of the molecule is [C-]#[N+]c1ccc2c(c1)CCC(C)(C)O2. The second kappa shape index (κ2) is 3.02. The molecule has 0 radical (unpaired) electrons. The minimum atomic E-state index is -0.0629. The lowest BCUT2D eigenvalue weighted by Crippen LogP contribution is -2.32. The van der Waals surface area contributed by atoms with Gasteiger partial charge < -0.3 is 4.74 Å². The molecule has 0 saturated heterocycles. The van der Waals surface area contributed by atoms with E-state index in [4.69, 9.17) is 11.3 Å². The van der Waals surface area contributed by atoms with Crippen LogP contribution in [-0.4, -0.2) is 5.60 Å². The number of nitrogens with zero attached hydrogens (tertiary/aromatic N) is 1. The predicted octanol–water partition coefficient (Wildman–Crippen LogP) is 3.34. The van der Waals surface area contributed by atoms with E-state index in [-0.39, 0.29) is 5.60 Å². The third kappa shape index (κ3) is 1.58. The number of rotatable bonds is 0. The molecule has 0 unspecified atom stereocenters. The zero-order valence-electron chi connectivity index (χ0n) is 8.50. The van der Waals surface area contributed by atoms with E-state index in [0.29, 0.717) is 5.69 Å². The Labute approximate surface area is 84.3 Å². The first-order valence-electron chi connectivity index (χ1n) is 4.80. The Kier molecular flexibility index (Phi) is 1.96. The smallest absolute Gasteiger partial charge is 0.187 e. The second-order valence-electron chi connectivity index (χ2n) is 4.27. The molecule has 0 saturated carbocycles. The predicted molar refractivity (Wildman–Crippen MR) is 55.7 cm³/mol. The maximum atomic E-state index is 6.92. The van der Waals surface area contributed by atoms with Crippen molar-refractivity contribution in [3.63, 3.8) is 0 Å². The summed E-state index contributed by atoms with van der Waals surface area (Å²) in [6.45, 7) is 11.1. The van der Waals surface area contributed by atoms with Gasteiger partial charge in [0.2, 0.25) is 0 Å². The lowest BCUT2D eigenvalue weighted by molar-refractivity contribution is 0.0847. The molecule has 2 nitrogen and oxygen atoms in total. The van der Waals surface area contributed by atoms with Gasteiger partial charge in [-0.05, 0) is 44.4 Å². The van der Waals surface area contributed by atoms with Gasteiger partial charge in [0.1, 0.15) is 11.4 Å². The molecule has 1 aliphatic rings. The summed E-state index contributed by atoms with van der Waals surface area (Å²) < 4.78 is 5.82. The van der Waals surface area contributed by atoms with Gasteiger partial charge in [0, 0.05) is 0 Å². The summed E-state index contributed by atoms with van der Waals surface area (Å²) in [7, 11) is 0. The molecule has 0 aromatic heterocycles. The van der Waals surface area contributed by atoms with Gasteiger partial charge in [-0.25, -0.2) is 4.85 Å². The average molecular weight is 187 g/mol. The first-order valence-corrected chi connectivity index (χ1v) is 4.80. The van der Waals surface area contributed by atoms with Crippen LogP contribution in [-0.2, 0) is 6.42 Å². The van der Waals surface area contributed by atoms with E-state index in [2.05, 4.69) is 18.7 Å². The topological polar surface area (TPSA) is 13.6 Å². The molecule has 1 heterocycles. The fourth-order valence-electron chi connectivity index (χ4n) is 1.71. The van der Waals surface area contributed by atoms with Crippen LogP contribution >= 0.6 is 0 Å². The van der Waals surface area contributed by atoms with E-state index in [1.807, 2.05) is 18.2 Å². The second-order valence-corrected chi connectivity index (χ2v) is 4.27. The number of fused-ring (bicyclic) bond motifs is 1. The van der Waals surface area contributed by atoms with Crippen LogP contribution < -0.4 is 4.74 Å². The Morgan fingerprint density at radius 2 is 2.21 bits per heavy atom. The van der Waals surface area contributed by atoms with Gasteiger partial charge in [-0.2, -0.15) is 0 Å². The largest absolute Gasteiger partial charge is 0.488 e. The van der Waals surface area contributed by atoms with E-state index >= 15 is 0 Å². The molecule has 0 aliphatic carbocycles. The van der Waals surface area contributed by atoms with Crippen molar-refractivity contribution < 1.29 is 4.74 Å². The van der Waals surface area contributed by atoms with Gasteiger partial charge in [-0.15, -0.1) is 0 Å². The molecule has 14 heavy (non-hydrogen) atoms. The van der Waals surface area contributed by atoms with Crippen LogP contribution in [0.1, 0.15) is 25.8 Å². The normalized spacial score (nSPS) is 17.8. The van der Waals surface area contributed by atoms with Crippen molar-refractivity contribution in [2.45, 2.75) is 32.3 Å². The highest BCUT2D eigenvalue weighted by atomic mass is 16.5. The van der Waals surface area contributed by atoms with Crippen molar-refractivity contribution in [2.24, 2.45) is 0 Å². The molecule has 0 atom stereocenters. The summed E-state index contributed by atoms with van der Waals surface area (Å²) in [4.78, 5) is 3.41. The zero-order valence-corrected chi connectivity index (χ0v) is 8.50. The lowest BCUT2D eigenvalue weighted by atomic mass is 9.94. The summed E-state index contributed by atoms with van der Waals surface area (Å²) >= 11 is 0. The van der Waals surface area contributed by atoms with Crippen molar-refractivity contribution in [2.75, 3.05) is 0 Å². The van der Waals surface area contributed by atoms with E-state index in [9.17, 15) is 0 Å². The summed E-state index contributed by atoms with van der Waals surface area (Å²) in [6.07, 6.45) is 2.02. The first-order chi connectivity index (χ1) is 6.61. The molecular formula is C12H13NO. The average Bonchev–Trinajstić information content (AvgIpc) is 2.16. The third-order valence-corrected chi connectivity index (χ3v) is 2.56. The molecule has 1 aromatic carbocycles. The zero-order chi connectivity index (χ0) is 10.2. The number of benzene rings is 1. The maximum absolute atomic E-state index is 6.92. The molecule has 1 aromatic rings. The Balaban J connectivity index is 2.38. The summed E-state index contributed by atoms with van der Waals surface area (Å²) in [5.74, 6) is 0.939. The molecule has 1 aliphatic heterocycles. The highest BCUT2D eigenvalue weighted by Gasteiger charge is 2.26. The lowest BCUT2D eigenvalue weighted by Gasteiger charge is -2.32. The molecule has 72 valence electrons. The van der Waals surface area contributed by atoms with E-state index in [1.165, 1.54) is 0 Å². The Morgan fingerprint density at radius 3 is 2.93 bits per heavy atom. The summed E-state index contributed by atoms with van der Waals surface area (Å²) in [5, 5.41) is 0. The van der Waals surface area contributed by atoms with Gasteiger partial charge in [0.25, 0.3) is 0 Å². The van der Waals surface area contributed by atoms with Crippen LogP contribution in [0.25, 0.3) is 4.85 Å². The molecule has 2 heteroatoms. The van der Waals surface area contributed by atoms with Gasteiger partial charge in [0.05, 0.1) is 6.57 Å². The van der Waals surface area contributed by atoms with Gasteiger partial charge >= 0.3 is 0 Å². The number of ether oxygens (including phenoxy) is 1. The number of hydrogen-bond acceptors (Lipinski definition) is 1. The summed E-state index contributed by atoms with van der Waals surface area (Å²) in [6, 6.07) is 5.65. The van der Waals surface area contributed by atoms with Crippen molar-refractivity contribution in [3.05, 3.63) is 35.2 Å².